The lowest BCUT2D eigenvalue weighted by atomic mass is 10.2. The van der Waals surface area contributed by atoms with Gasteiger partial charge in [-0.2, -0.15) is 0 Å². The first kappa shape index (κ1) is 14.2. The Morgan fingerprint density at radius 2 is 1.95 bits per heavy atom. The molecule has 0 amide bonds. The molecule has 0 radical (unpaired) electrons. The molecular weight excluding hydrogens is 326 g/mol. The van der Waals surface area contributed by atoms with Gasteiger partial charge in [-0.1, -0.05) is 22.0 Å². The van der Waals surface area contributed by atoms with Gasteiger partial charge in [-0.3, -0.25) is 14.9 Å². The van der Waals surface area contributed by atoms with E-state index < -0.39 is 4.92 Å². The summed E-state index contributed by atoms with van der Waals surface area (Å²) in [5.74, 6) is 0.386. The molecule has 0 aliphatic rings. The largest absolute Gasteiger partial charge is 0.449 e. The molecule has 2 aromatic carbocycles. The summed E-state index contributed by atoms with van der Waals surface area (Å²) in [6.45, 7) is 1.80. The van der Waals surface area contributed by atoms with E-state index in [-0.39, 0.29) is 17.2 Å². The average molecular weight is 336 g/mol. The van der Waals surface area contributed by atoms with Crippen molar-refractivity contribution in [3.05, 3.63) is 62.1 Å². The highest BCUT2D eigenvalue weighted by Gasteiger charge is 2.17. The Kier molecular flexibility index (Phi) is 4.14. The molecule has 0 spiro atoms. The molecule has 0 saturated heterocycles. The Morgan fingerprint density at radius 1 is 1.20 bits per heavy atom. The fraction of sp³-hybridized carbons (Fsp3) is 0.0714. The first-order valence-corrected chi connectivity index (χ1v) is 6.48. The van der Waals surface area contributed by atoms with Gasteiger partial charge in [0.2, 0.25) is 5.75 Å². The molecule has 0 aliphatic carbocycles. The SMILES string of the molecule is Cc1ccc([N+](=O)[O-])c(Oc2ccc(Br)cc2C=O)c1. The summed E-state index contributed by atoms with van der Waals surface area (Å²) in [5.41, 5.74) is 1.00. The third-order valence-corrected chi connectivity index (χ3v) is 3.12. The molecule has 0 saturated carbocycles. The summed E-state index contributed by atoms with van der Waals surface area (Å²) in [5, 5.41) is 11.0. The van der Waals surface area contributed by atoms with Crippen LogP contribution in [-0.4, -0.2) is 11.2 Å². The summed E-state index contributed by atoms with van der Waals surface area (Å²) in [6.07, 6.45) is 0.641. The molecular formula is C14H10BrNO4. The average Bonchev–Trinajstić information content (AvgIpc) is 2.40. The number of halogens is 1. The van der Waals surface area contributed by atoms with E-state index in [0.717, 1.165) is 10.0 Å². The fourth-order valence-electron chi connectivity index (χ4n) is 1.68. The summed E-state index contributed by atoms with van der Waals surface area (Å²) in [6, 6.07) is 9.44. The highest BCUT2D eigenvalue weighted by molar-refractivity contribution is 9.10. The Hall–Kier alpha value is -2.21. The highest BCUT2D eigenvalue weighted by atomic mass is 79.9. The van der Waals surface area contributed by atoms with Crippen LogP contribution in [0.4, 0.5) is 5.69 Å². The van der Waals surface area contributed by atoms with Crippen LogP contribution in [0.1, 0.15) is 15.9 Å². The van der Waals surface area contributed by atoms with Crippen LogP contribution in [0.25, 0.3) is 0 Å². The van der Waals surface area contributed by atoms with Crippen LogP contribution < -0.4 is 4.74 Å². The number of aldehydes is 1. The van der Waals surface area contributed by atoms with Crippen LogP contribution in [0.3, 0.4) is 0 Å². The Labute approximate surface area is 123 Å². The van der Waals surface area contributed by atoms with Crippen LogP contribution in [0, 0.1) is 17.0 Å². The van der Waals surface area contributed by atoms with Gasteiger partial charge in [0.25, 0.3) is 0 Å². The van der Waals surface area contributed by atoms with Gasteiger partial charge in [-0.15, -0.1) is 0 Å². The second-order valence-electron chi connectivity index (χ2n) is 4.13. The molecule has 0 bridgehead atoms. The fourth-order valence-corrected chi connectivity index (χ4v) is 2.06. The van der Waals surface area contributed by atoms with Crippen molar-refractivity contribution in [3.63, 3.8) is 0 Å². The number of rotatable bonds is 4. The molecule has 0 aliphatic heterocycles. The molecule has 102 valence electrons. The van der Waals surface area contributed by atoms with Gasteiger partial charge in [0.15, 0.2) is 6.29 Å². The van der Waals surface area contributed by atoms with Gasteiger partial charge >= 0.3 is 5.69 Å². The molecule has 0 heterocycles. The summed E-state index contributed by atoms with van der Waals surface area (Å²) < 4.78 is 6.26. The molecule has 0 N–H and O–H groups in total. The van der Waals surface area contributed by atoms with E-state index in [1.54, 1.807) is 37.3 Å². The maximum atomic E-state index is 11.0. The van der Waals surface area contributed by atoms with Crippen LogP contribution >= 0.6 is 15.9 Å². The number of carbonyl (C=O) groups excluding carboxylic acids is 1. The molecule has 0 aromatic heterocycles. The molecule has 2 aromatic rings. The van der Waals surface area contributed by atoms with Crippen molar-refractivity contribution in [1.82, 2.24) is 0 Å². The number of hydrogen-bond donors (Lipinski definition) is 0. The number of benzene rings is 2. The van der Waals surface area contributed by atoms with Gasteiger partial charge in [0, 0.05) is 10.5 Å². The van der Waals surface area contributed by atoms with Crippen LogP contribution in [0.2, 0.25) is 0 Å². The third kappa shape index (κ3) is 3.03. The lowest BCUT2D eigenvalue weighted by molar-refractivity contribution is -0.385. The maximum Gasteiger partial charge on any atom is 0.311 e. The zero-order valence-corrected chi connectivity index (χ0v) is 12.1. The Morgan fingerprint density at radius 3 is 2.60 bits per heavy atom. The van der Waals surface area contributed by atoms with Crippen molar-refractivity contribution in [1.29, 1.82) is 0 Å². The zero-order chi connectivity index (χ0) is 14.7. The number of nitro groups is 1. The highest BCUT2D eigenvalue weighted by Crippen LogP contribution is 2.34. The molecule has 2 rings (SSSR count). The summed E-state index contributed by atoms with van der Waals surface area (Å²) in [4.78, 5) is 21.5. The number of nitrogens with zero attached hydrogens (tertiary/aromatic N) is 1. The Balaban J connectivity index is 2.46. The van der Waals surface area contributed by atoms with E-state index in [1.165, 1.54) is 6.07 Å². The van der Waals surface area contributed by atoms with Crippen molar-refractivity contribution in [2.24, 2.45) is 0 Å². The van der Waals surface area contributed by atoms with E-state index in [0.29, 0.717) is 11.8 Å². The van der Waals surface area contributed by atoms with Gasteiger partial charge < -0.3 is 4.74 Å². The van der Waals surface area contributed by atoms with Crippen LogP contribution in [0.5, 0.6) is 11.5 Å². The first-order valence-electron chi connectivity index (χ1n) is 5.69. The van der Waals surface area contributed by atoms with Crippen molar-refractivity contribution in [3.8, 4) is 11.5 Å². The molecule has 6 heteroatoms. The van der Waals surface area contributed by atoms with Crippen molar-refractivity contribution in [2.75, 3.05) is 0 Å². The third-order valence-electron chi connectivity index (χ3n) is 2.63. The summed E-state index contributed by atoms with van der Waals surface area (Å²) in [7, 11) is 0. The molecule has 0 unspecified atom stereocenters. The molecule has 0 atom stereocenters. The number of aryl methyl sites for hydroxylation is 1. The van der Waals surface area contributed by atoms with Gasteiger partial charge in [-0.05, 0) is 36.8 Å². The second-order valence-corrected chi connectivity index (χ2v) is 5.05. The quantitative estimate of drug-likeness (QED) is 0.475. The number of nitro benzene ring substituents is 1. The molecule has 20 heavy (non-hydrogen) atoms. The van der Waals surface area contributed by atoms with E-state index in [2.05, 4.69) is 15.9 Å². The normalized spacial score (nSPS) is 10.1. The van der Waals surface area contributed by atoms with E-state index in [4.69, 9.17) is 4.74 Å². The van der Waals surface area contributed by atoms with Crippen molar-refractivity contribution < 1.29 is 14.5 Å². The minimum Gasteiger partial charge on any atom is -0.449 e. The summed E-state index contributed by atoms with van der Waals surface area (Å²) >= 11 is 3.25. The lowest BCUT2D eigenvalue weighted by Crippen LogP contribution is -1.96. The van der Waals surface area contributed by atoms with Gasteiger partial charge in [-0.25, -0.2) is 0 Å². The lowest BCUT2D eigenvalue weighted by Gasteiger charge is -2.09. The predicted molar refractivity (Wildman–Crippen MR) is 77.4 cm³/mol. The topological polar surface area (TPSA) is 69.4 Å². The second kappa shape index (κ2) is 5.83. The van der Waals surface area contributed by atoms with Gasteiger partial charge in [0.1, 0.15) is 5.75 Å². The first-order chi connectivity index (χ1) is 9.51. The van der Waals surface area contributed by atoms with Crippen molar-refractivity contribution >= 4 is 27.9 Å². The predicted octanol–water partition coefficient (Wildman–Crippen LogP) is 4.27. The number of ether oxygens (including phenoxy) is 1. The minimum atomic E-state index is -0.520. The smallest absolute Gasteiger partial charge is 0.311 e. The van der Waals surface area contributed by atoms with E-state index >= 15 is 0 Å². The monoisotopic (exact) mass is 335 g/mol. The van der Waals surface area contributed by atoms with Gasteiger partial charge in [0.05, 0.1) is 10.5 Å². The molecule has 0 fully saturated rings. The van der Waals surface area contributed by atoms with Crippen LogP contribution in [0.15, 0.2) is 40.9 Å². The number of carbonyl (C=O) groups is 1. The van der Waals surface area contributed by atoms with E-state index in [9.17, 15) is 14.9 Å². The van der Waals surface area contributed by atoms with Crippen LogP contribution in [-0.2, 0) is 0 Å². The maximum absolute atomic E-state index is 11.0. The standard InChI is InChI=1S/C14H10BrNO4/c1-9-2-4-12(16(18)19)14(6-9)20-13-5-3-11(15)7-10(13)8-17/h2-8H,1H3. The number of hydrogen-bond acceptors (Lipinski definition) is 4. The Bertz CT molecular complexity index is 685. The zero-order valence-electron chi connectivity index (χ0n) is 10.5. The minimum absolute atomic E-state index is 0.112. The van der Waals surface area contributed by atoms with E-state index in [1.807, 2.05) is 0 Å². The molecule has 5 nitrogen and oxygen atoms in total. The van der Waals surface area contributed by atoms with Crippen molar-refractivity contribution in [2.45, 2.75) is 6.92 Å².